The molecule has 0 radical (unpaired) electrons. The number of hydrogen-bond donors (Lipinski definition) is 2. The van der Waals surface area contributed by atoms with Crippen LogP contribution in [0.3, 0.4) is 0 Å². The fraction of sp³-hybridized carbons (Fsp3) is 0.100. The molecule has 0 bridgehead atoms. The van der Waals surface area contributed by atoms with Gasteiger partial charge >= 0.3 is 0 Å². The first-order chi connectivity index (χ1) is 11.8. The monoisotopic (exact) mass is 316 g/mol. The zero-order valence-electron chi connectivity index (χ0n) is 13.4. The average molecular weight is 316 g/mol. The minimum atomic E-state index is 0.851. The Morgan fingerprint density at radius 3 is 2.29 bits per heavy atom. The van der Waals surface area contributed by atoms with E-state index in [2.05, 4.69) is 34.2 Å². The normalized spacial score (nSPS) is 11.8. The van der Waals surface area contributed by atoms with Crippen molar-refractivity contribution >= 4 is 43.6 Å². The Hall–Kier alpha value is -3.14. The van der Waals surface area contributed by atoms with Gasteiger partial charge in [-0.25, -0.2) is 0 Å². The highest BCUT2D eigenvalue weighted by atomic mass is 16.5. The quantitative estimate of drug-likeness (QED) is 0.483. The van der Waals surface area contributed by atoms with Gasteiger partial charge in [0.1, 0.15) is 11.5 Å². The molecule has 0 aliphatic heterocycles. The van der Waals surface area contributed by atoms with E-state index in [1.54, 1.807) is 14.2 Å². The van der Waals surface area contributed by atoms with E-state index in [4.69, 9.17) is 9.47 Å². The maximum Gasteiger partial charge on any atom is 0.128 e. The van der Waals surface area contributed by atoms with Crippen molar-refractivity contribution in [3.8, 4) is 11.5 Å². The Balaban J connectivity index is 1.96. The minimum Gasteiger partial charge on any atom is -0.497 e. The zero-order valence-corrected chi connectivity index (χ0v) is 13.4. The summed E-state index contributed by atoms with van der Waals surface area (Å²) in [5.41, 5.74) is 4.35. The Kier molecular flexibility index (Phi) is 2.59. The van der Waals surface area contributed by atoms with Crippen molar-refractivity contribution in [1.82, 2.24) is 9.97 Å². The molecule has 118 valence electrons. The fourth-order valence-electron chi connectivity index (χ4n) is 3.64. The molecule has 0 unspecified atom stereocenters. The van der Waals surface area contributed by atoms with Crippen LogP contribution in [0.4, 0.5) is 0 Å². The van der Waals surface area contributed by atoms with Gasteiger partial charge in [-0.3, -0.25) is 0 Å². The van der Waals surface area contributed by atoms with Crippen LogP contribution in [0.25, 0.3) is 43.6 Å². The number of methoxy groups -OCH3 is 2. The van der Waals surface area contributed by atoms with Gasteiger partial charge < -0.3 is 19.4 Å². The molecule has 4 nitrogen and oxygen atoms in total. The molecular weight excluding hydrogens is 300 g/mol. The van der Waals surface area contributed by atoms with E-state index in [0.717, 1.165) is 44.3 Å². The molecule has 5 rings (SSSR count). The number of nitrogens with one attached hydrogen (secondary N) is 2. The largest absolute Gasteiger partial charge is 0.497 e. The van der Waals surface area contributed by atoms with Crippen LogP contribution in [-0.2, 0) is 0 Å². The van der Waals surface area contributed by atoms with Gasteiger partial charge in [0.15, 0.2) is 0 Å². The molecule has 0 saturated carbocycles. The first kappa shape index (κ1) is 13.3. The van der Waals surface area contributed by atoms with Crippen LogP contribution in [0, 0.1) is 0 Å². The first-order valence-corrected chi connectivity index (χ1v) is 7.87. The SMILES string of the molecule is COc1ccc2c(c1)[nH]c1c2ccc2c1[nH]c1cccc(OC)c12. The maximum absolute atomic E-state index is 5.55. The third-order valence-electron chi connectivity index (χ3n) is 4.76. The van der Waals surface area contributed by atoms with Gasteiger partial charge in [0.05, 0.1) is 36.3 Å². The van der Waals surface area contributed by atoms with Crippen molar-refractivity contribution in [3.63, 3.8) is 0 Å². The predicted molar refractivity (Wildman–Crippen MR) is 98.3 cm³/mol. The lowest BCUT2D eigenvalue weighted by Crippen LogP contribution is -1.82. The number of hydrogen-bond acceptors (Lipinski definition) is 2. The molecule has 2 N–H and O–H groups in total. The lowest BCUT2D eigenvalue weighted by molar-refractivity contribution is 0.415. The number of aromatic amines is 2. The predicted octanol–water partition coefficient (Wildman–Crippen LogP) is 4.97. The molecule has 5 aromatic rings. The summed E-state index contributed by atoms with van der Waals surface area (Å²) in [4.78, 5) is 7.08. The lowest BCUT2D eigenvalue weighted by Gasteiger charge is -2.01. The molecule has 3 aromatic carbocycles. The Morgan fingerprint density at radius 2 is 1.46 bits per heavy atom. The highest BCUT2D eigenvalue weighted by Crippen LogP contribution is 2.38. The van der Waals surface area contributed by atoms with Gasteiger partial charge in [-0.2, -0.15) is 0 Å². The number of benzene rings is 3. The van der Waals surface area contributed by atoms with E-state index < -0.39 is 0 Å². The lowest BCUT2D eigenvalue weighted by atomic mass is 10.1. The molecule has 0 spiro atoms. The fourth-order valence-corrected chi connectivity index (χ4v) is 3.64. The van der Waals surface area contributed by atoms with Crippen LogP contribution in [0.15, 0.2) is 48.5 Å². The van der Waals surface area contributed by atoms with E-state index >= 15 is 0 Å². The van der Waals surface area contributed by atoms with Gasteiger partial charge in [-0.15, -0.1) is 0 Å². The third-order valence-corrected chi connectivity index (χ3v) is 4.76. The molecule has 2 heterocycles. The summed E-state index contributed by atoms with van der Waals surface area (Å²) in [5.74, 6) is 1.74. The molecule has 0 amide bonds. The van der Waals surface area contributed by atoms with Gasteiger partial charge in [0.2, 0.25) is 0 Å². The second-order valence-electron chi connectivity index (χ2n) is 5.96. The van der Waals surface area contributed by atoms with Gasteiger partial charge in [-0.1, -0.05) is 18.2 Å². The number of ether oxygens (including phenoxy) is 2. The molecule has 24 heavy (non-hydrogen) atoms. The van der Waals surface area contributed by atoms with E-state index in [0.29, 0.717) is 0 Å². The summed E-state index contributed by atoms with van der Waals surface area (Å²) in [6.45, 7) is 0. The van der Waals surface area contributed by atoms with Crippen molar-refractivity contribution in [2.45, 2.75) is 0 Å². The summed E-state index contributed by atoms with van der Waals surface area (Å²) in [7, 11) is 3.40. The van der Waals surface area contributed by atoms with Crippen molar-refractivity contribution < 1.29 is 9.47 Å². The van der Waals surface area contributed by atoms with Crippen molar-refractivity contribution in [1.29, 1.82) is 0 Å². The third kappa shape index (κ3) is 1.62. The molecule has 0 saturated heterocycles. The van der Waals surface area contributed by atoms with Crippen LogP contribution in [0.1, 0.15) is 0 Å². The zero-order chi connectivity index (χ0) is 16.3. The first-order valence-electron chi connectivity index (χ1n) is 7.87. The van der Waals surface area contributed by atoms with E-state index in [1.165, 1.54) is 10.8 Å². The summed E-state index contributed by atoms with van der Waals surface area (Å²) < 4.78 is 10.9. The Bertz CT molecular complexity index is 1230. The molecular formula is C20H16N2O2. The van der Waals surface area contributed by atoms with Crippen molar-refractivity contribution in [2.24, 2.45) is 0 Å². The molecule has 0 fully saturated rings. The molecule has 0 aliphatic carbocycles. The average Bonchev–Trinajstić information content (AvgIpc) is 3.18. The highest BCUT2D eigenvalue weighted by Gasteiger charge is 2.14. The van der Waals surface area contributed by atoms with E-state index in [-0.39, 0.29) is 0 Å². The van der Waals surface area contributed by atoms with Crippen molar-refractivity contribution in [2.75, 3.05) is 14.2 Å². The smallest absolute Gasteiger partial charge is 0.128 e. The van der Waals surface area contributed by atoms with Crippen LogP contribution in [0.5, 0.6) is 11.5 Å². The van der Waals surface area contributed by atoms with Gasteiger partial charge in [0.25, 0.3) is 0 Å². The molecule has 0 atom stereocenters. The minimum absolute atomic E-state index is 0.851. The van der Waals surface area contributed by atoms with Crippen molar-refractivity contribution in [3.05, 3.63) is 48.5 Å². The van der Waals surface area contributed by atoms with Gasteiger partial charge in [-0.05, 0) is 24.3 Å². The number of H-pyrrole nitrogens is 2. The highest BCUT2D eigenvalue weighted by molar-refractivity contribution is 6.22. The molecule has 4 heteroatoms. The second kappa shape index (κ2) is 4.68. The second-order valence-corrected chi connectivity index (χ2v) is 5.96. The van der Waals surface area contributed by atoms with Crippen LogP contribution in [0.2, 0.25) is 0 Å². The van der Waals surface area contributed by atoms with Gasteiger partial charge in [0, 0.05) is 27.6 Å². The number of rotatable bonds is 2. The molecule has 0 aliphatic rings. The molecule has 2 aromatic heterocycles. The van der Waals surface area contributed by atoms with Crippen LogP contribution in [-0.4, -0.2) is 24.2 Å². The summed E-state index contributed by atoms with van der Waals surface area (Å²) >= 11 is 0. The summed E-state index contributed by atoms with van der Waals surface area (Å²) in [6.07, 6.45) is 0. The summed E-state index contributed by atoms with van der Waals surface area (Å²) in [5, 5.41) is 4.67. The Labute approximate surface area is 138 Å². The standard InChI is InChI=1S/C20H16N2O2/c1-23-11-6-7-12-13-8-9-14-18-15(4-3-5-17(18)24-2)21-20(14)19(13)22-16(12)10-11/h3-10,21-22H,1-2H3. The maximum atomic E-state index is 5.55. The topological polar surface area (TPSA) is 50.0 Å². The Morgan fingerprint density at radius 1 is 0.708 bits per heavy atom. The summed E-state index contributed by atoms with van der Waals surface area (Å²) in [6, 6.07) is 16.5. The van der Waals surface area contributed by atoms with Crippen LogP contribution < -0.4 is 9.47 Å². The van der Waals surface area contributed by atoms with E-state index in [9.17, 15) is 0 Å². The number of aromatic nitrogens is 2. The number of fused-ring (bicyclic) bond motifs is 7. The van der Waals surface area contributed by atoms with Crippen LogP contribution >= 0.6 is 0 Å². The van der Waals surface area contributed by atoms with E-state index in [1.807, 2.05) is 24.3 Å².